The van der Waals surface area contributed by atoms with E-state index in [1.54, 1.807) is 0 Å². The summed E-state index contributed by atoms with van der Waals surface area (Å²) >= 11 is 9.80. The van der Waals surface area contributed by atoms with E-state index in [2.05, 4.69) is 20.7 Å². The normalized spacial score (nSPS) is 11.5. The van der Waals surface area contributed by atoms with E-state index in [1.807, 2.05) is 0 Å². The van der Waals surface area contributed by atoms with Crippen molar-refractivity contribution in [3.05, 3.63) is 38.9 Å². The van der Waals surface area contributed by atoms with Crippen LogP contribution in [0, 0.1) is 5.82 Å². The molecule has 9 heteroatoms. The number of sulfonamides is 1. The van der Waals surface area contributed by atoms with Gasteiger partial charge in [0.25, 0.3) is 10.0 Å². The number of nitrogens with one attached hydrogen (secondary N) is 1. The maximum Gasteiger partial charge on any atom is 0.271 e. The summed E-state index contributed by atoms with van der Waals surface area (Å²) in [5.74, 6) is -1.16. The van der Waals surface area contributed by atoms with Crippen LogP contribution in [0.3, 0.4) is 0 Å². The van der Waals surface area contributed by atoms with Crippen LogP contribution in [0.5, 0.6) is 5.75 Å². The SMILES string of the molecule is O=S(=O)(Nc1ccc(F)cc1O)c1cc(Cl)c(Br)s1. The number of anilines is 1. The largest absolute Gasteiger partial charge is 0.506 e. The molecule has 102 valence electrons. The highest BCUT2D eigenvalue weighted by Gasteiger charge is 2.20. The molecule has 2 N–H and O–H groups in total. The number of phenolic OH excluding ortho intramolecular Hbond substituents is 1. The van der Waals surface area contributed by atoms with Crippen molar-refractivity contribution in [2.45, 2.75) is 4.21 Å². The summed E-state index contributed by atoms with van der Waals surface area (Å²) in [7, 11) is -3.88. The van der Waals surface area contributed by atoms with Gasteiger partial charge in [0.2, 0.25) is 0 Å². The van der Waals surface area contributed by atoms with Crippen molar-refractivity contribution in [1.82, 2.24) is 0 Å². The van der Waals surface area contributed by atoms with Crippen LogP contribution in [0.2, 0.25) is 5.02 Å². The average Bonchev–Trinajstić information content (AvgIpc) is 2.64. The first-order valence-corrected chi connectivity index (χ1v) is 8.23. The first-order valence-electron chi connectivity index (χ1n) is 4.76. The Balaban J connectivity index is 2.36. The van der Waals surface area contributed by atoms with Crippen LogP contribution >= 0.6 is 38.9 Å². The summed E-state index contributed by atoms with van der Waals surface area (Å²) in [6.07, 6.45) is 0. The third-order valence-corrected chi connectivity index (χ3v) is 6.41. The maximum absolute atomic E-state index is 12.8. The minimum absolute atomic E-state index is 0.0203. The molecular formula is C10H6BrClFNO3S2. The van der Waals surface area contributed by atoms with Crippen LogP contribution in [0.4, 0.5) is 10.1 Å². The molecule has 0 aliphatic carbocycles. The lowest BCUT2D eigenvalue weighted by atomic mass is 10.3. The van der Waals surface area contributed by atoms with Gasteiger partial charge in [0.15, 0.2) is 0 Å². The number of halogens is 3. The molecule has 0 spiro atoms. The first kappa shape index (κ1) is 14.6. The summed E-state index contributed by atoms with van der Waals surface area (Å²) in [6, 6.07) is 4.26. The smallest absolute Gasteiger partial charge is 0.271 e. The Kier molecular flexibility index (Phi) is 4.05. The van der Waals surface area contributed by atoms with E-state index in [0.29, 0.717) is 3.79 Å². The van der Waals surface area contributed by atoms with Crippen LogP contribution in [-0.2, 0) is 10.0 Å². The lowest BCUT2D eigenvalue weighted by Gasteiger charge is -2.07. The maximum atomic E-state index is 12.8. The van der Waals surface area contributed by atoms with E-state index in [0.717, 1.165) is 29.5 Å². The van der Waals surface area contributed by atoms with Crippen LogP contribution in [0.25, 0.3) is 0 Å². The summed E-state index contributed by atoms with van der Waals surface area (Å²) in [6.45, 7) is 0. The summed E-state index contributed by atoms with van der Waals surface area (Å²) < 4.78 is 39.5. The molecule has 0 unspecified atom stereocenters. The van der Waals surface area contributed by atoms with Gasteiger partial charge in [-0.15, -0.1) is 11.3 Å². The molecular weight excluding hydrogens is 381 g/mol. The lowest BCUT2D eigenvalue weighted by molar-refractivity contribution is 0.471. The number of rotatable bonds is 3. The second-order valence-corrected chi connectivity index (χ2v) is 8.14. The highest BCUT2D eigenvalue weighted by molar-refractivity contribution is 9.11. The molecule has 0 amide bonds. The van der Waals surface area contributed by atoms with Crippen molar-refractivity contribution in [2.75, 3.05) is 4.72 Å². The minimum Gasteiger partial charge on any atom is -0.506 e. The predicted octanol–water partition coefficient (Wildman–Crippen LogP) is 3.81. The number of aromatic hydroxyl groups is 1. The van der Waals surface area contributed by atoms with Gasteiger partial charge in [-0.3, -0.25) is 4.72 Å². The highest BCUT2D eigenvalue weighted by Crippen LogP contribution is 2.36. The van der Waals surface area contributed by atoms with Crippen molar-refractivity contribution in [3.63, 3.8) is 0 Å². The van der Waals surface area contributed by atoms with E-state index in [4.69, 9.17) is 11.6 Å². The lowest BCUT2D eigenvalue weighted by Crippen LogP contribution is -2.11. The molecule has 4 nitrogen and oxygen atoms in total. The second-order valence-electron chi connectivity index (χ2n) is 3.45. The van der Waals surface area contributed by atoms with Crippen molar-refractivity contribution < 1.29 is 17.9 Å². The summed E-state index contributed by atoms with van der Waals surface area (Å²) in [5, 5.41) is 9.73. The second kappa shape index (κ2) is 5.28. The van der Waals surface area contributed by atoms with Gasteiger partial charge in [0.05, 0.1) is 14.5 Å². The van der Waals surface area contributed by atoms with Crippen LogP contribution in [0.15, 0.2) is 32.3 Å². The molecule has 0 aliphatic rings. The molecule has 1 aromatic heterocycles. The molecule has 0 atom stereocenters. The van der Waals surface area contributed by atoms with Crippen LogP contribution < -0.4 is 4.72 Å². The van der Waals surface area contributed by atoms with Gasteiger partial charge in [-0.25, -0.2) is 12.8 Å². The first-order chi connectivity index (χ1) is 8.79. The molecule has 0 bridgehead atoms. The molecule has 0 radical (unpaired) electrons. The molecule has 0 aliphatic heterocycles. The molecule has 1 aromatic carbocycles. The van der Waals surface area contributed by atoms with Crippen molar-refractivity contribution in [2.24, 2.45) is 0 Å². The molecule has 0 fully saturated rings. The van der Waals surface area contributed by atoms with E-state index < -0.39 is 21.6 Å². The molecule has 19 heavy (non-hydrogen) atoms. The van der Waals surface area contributed by atoms with E-state index in [-0.39, 0.29) is 14.9 Å². The van der Waals surface area contributed by atoms with E-state index in [1.165, 1.54) is 6.07 Å². The van der Waals surface area contributed by atoms with Gasteiger partial charge in [0, 0.05) is 6.07 Å². The fourth-order valence-electron chi connectivity index (χ4n) is 1.25. The number of phenols is 1. The minimum atomic E-state index is -3.88. The Morgan fingerprint density at radius 1 is 1.37 bits per heavy atom. The van der Waals surface area contributed by atoms with Crippen LogP contribution in [0.1, 0.15) is 0 Å². The van der Waals surface area contributed by atoms with Crippen molar-refractivity contribution in [3.8, 4) is 5.75 Å². The third-order valence-electron chi connectivity index (χ3n) is 2.09. The quantitative estimate of drug-likeness (QED) is 0.788. The fourth-order valence-corrected chi connectivity index (χ4v) is 4.72. The Morgan fingerprint density at radius 2 is 2.05 bits per heavy atom. The molecule has 2 rings (SSSR count). The van der Waals surface area contributed by atoms with Gasteiger partial charge in [0.1, 0.15) is 15.8 Å². The zero-order valence-corrected chi connectivity index (χ0v) is 13.0. The Hall–Kier alpha value is -0.830. The fraction of sp³-hybridized carbons (Fsp3) is 0. The number of hydrogen-bond donors (Lipinski definition) is 2. The monoisotopic (exact) mass is 385 g/mol. The average molecular weight is 387 g/mol. The highest BCUT2D eigenvalue weighted by atomic mass is 79.9. The Morgan fingerprint density at radius 3 is 2.58 bits per heavy atom. The standard InChI is InChI=1S/C10H6BrClFNO3S2/c11-10-6(12)4-9(18-10)19(16,17)14-7-2-1-5(13)3-8(7)15/h1-4,14-15H. The van der Waals surface area contributed by atoms with Gasteiger partial charge < -0.3 is 5.11 Å². The van der Waals surface area contributed by atoms with Gasteiger partial charge >= 0.3 is 0 Å². The van der Waals surface area contributed by atoms with Crippen molar-refractivity contribution >= 4 is 54.6 Å². The van der Waals surface area contributed by atoms with Crippen LogP contribution in [-0.4, -0.2) is 13.5 Å². The van der Waals surface area contributed by atoms with Gasteiger partial charge in [-0.1, -0.05) is 11.6 Å². The number of hydrogen-bond acceptors (Lipinski definition) is 4. The van der Waals surface area contributed by atoms with Gasteiger partial charge in [-0.05, 0) is 34.1 Å². The molecule has 1 heterocycles. The summed E-state index contributed by atoms with van der Waals surface area (Å²) in [4.78, 5) is 0. The summed E-state index contributed by atoms with van der Waals surface area (Å²) in [5.41, 5.74) is -0.109. The van der Waals surface area contributed by atoms with E-state index in [9.17, 15) is 17.9 Å². The third kappa shape index (κ3) is 3.19. The predicted molar refractivity (Wildman–Crippen MR) is 75.9 cm³/mol. The number of thiophene rings is 1. The zero-order chi connectivity index (χ0) is 14.2. The number of benzene rings is 1. The topological polar surface area (TPSA) is 66.4 Å². The van der Waals surface area contributed by atoms with Crippen molar-refractivity contribution in [1.29, 1.82) is 0 Å². The molecule has 0 saturated heterocycles. The Labute approximate surface area is 126 Å². The molecule has 2 aromatic rings. The zero-order valence-electron chi connectivity index (χ0n) is 9.02. The van der Waals surface area contributed by atoms with Gasteiger partial charge in [-0.2, -0.15) is 0 Å². The van der Waals surface area contributed by atoms with E-state index >= 15 is 0 Å². The molecule has 0 saturated carbocycles. The Bertz CT molecular complexity index is 713.